The molecule has 0 atom stereocenters. The number of hydrogen-bond acceptors (Lipinski definition) is 4. The standard InChI is InChI=1S/C27H28FN3O4S/c28-23-8-6-22(7-9-23)27(33)31-18-15-21(16-19-31)26(32)30-24-10-12-25(13-11-24)36(34,35)29-17-14-20-4-2-1-3-5-20/h1-13,21,29H,14-19H2,(H,30,32). The number of nitrogens with zero attached hydrogens (tertiary/aromatic N) is 1. The Morgan fingerprint density at radius 2 is 1.53 bits per heavy atom. The third-order valence-corrected chi connectivity index (χ3v) is 7.70. The number of carbonyl (C=O) groups excluding carboxylic acids is 2. The number of hydrogen-bond donors (Lipinski definition) is 2. The predicted molar refractivity (Wildman–Crippen MR) is 135 cm³/mol. The molecule has 2 amide bonds. The minimum absolute atomic E-state index is 0.126. The molecule has 7 nitrogen and oxygen atoms in total. The Balaban J connectivity index is 1.26. The van der Waals surface area contributed by atoms with Crippen LogP contribution in [0.5, 0.6) is 0 Å². The summed E-state index contributed by atoms with van der Waals surface area (Å²) in [4.78, 5) is 27.1. The van der Waals surface area contributed by atoms with Crippen LogP contribution in [0.3, 0.4) is 0 Å². The molecule has 36 heavy (non-hydrogen) atoms. The monoisotopic (exact) mass is 509 g/mol. The Morgan fingerprint density at radius 3 is 2.17 bits per heavy atom. The molecule has 2 N–H and O–H groups in total. The maximum atomic E-state index is 13.1. The molecule has 1 fully saturated rings. The Hall–Kier alpha value is -3.56. The van der Waals surface area contributed by atoms with Crippen LogP contribution in [0.25, 0.3) is 0 Å². The van der Waals surface area contributed by atoms with Gasteiger partial charge in [0.15, 0.2) is 0 Å². The van der Waals surface area contributed by atoms with E-state index in [1.54, 1.807) is 17.0 Å². The van der Waals surface area contributed by atoms with Crippen LogP contribution in [0.2, 0.25) is 0 Å². The summed E-state index contributed by atoms with van der Waals surface area (Å²) in [6.45, 7) is 1.15. The maximum absolute atomic E-state index is 13.1. The van der Waals surface area contributed by atoms with Gasteiger partial charge in [-0.1, -0.05) is 30.3 Å². The van der Waals surface area contributed by atoms with Gasteiger partial charge < -0.3 is 10.2 Å². The van der Waals surface area contributed by atoms with Crippen molar-refractivity contribution in [2.75, 3.05) is 25.0 Å². The number of carbonyl (C=O) groups is 2. The fourth-order valence-corrected chi connectivity index (χ4v) is 5.17. The number of sulfonamides is 1. The van der Waals surface area contributed by atoms with E-state index in [1.165, 1.54) is 36.4 Å². The van der Waals surface area contributed by atoms with E-state index in [9.17, 15) is 22.4 Å². The number of benzene rings is 3. The molecular weight excluding hydrogens is 481 g/mol. The molecule has 0 aliphatic carbocycles. The summed E-state index contributed by atoms with van der Waals surface area (Å²) >= 11 is 0. The van der Waals surface area contributed by atoms with Crippen LogP contribution in [-0.4, -0.2) is 44.8 Å². The molecule has 1 aliphatic rings. The van der Waals surface area contributed by atoms with E-state index in [4.69, 9.17) is 0 Å². The Morgan fingerprint density at radius 1 is 0.889 bits per heavy atom. The maximum Gasteiger partial charge on any atom is 0.253 e. The lowest BCUT2D eigenvalue weighted by atomic mass is 9.95. The number of piperidine rings is 1. The van der Waals surface area contributed by atoms with Gasteiger partial charge in [0.05, 0.1) is 4.90 Å². The van der Waals surface area contributed by atoms with Crippen molar-refractivity contribution in [1.82, 2.24) is 9.62 Å². The topological polar surface area (TPSA) is 95.6 Å². The van der Waals surface area contributed by atoms with E-state index in [0.29, 0.717) is 43.6 Å². The van der Waals surface area contributed by atoms with Gasteiger partial charge in [0.2, 0.25) is 15.9 Å². The minimum atomic E-state index is -3.66. The molecule has 188 valence electrons. The van der Waals surface area contributed by atoms with Gasteiger partial charge in [0.25, 0.3) is 5.91 Å². The Kier molecular flexibility index (Phi) is 8.12. The zero-order valence-corrected chi connectivity index (χ0v) is 20.5. The third kappa shape index (κ3) is 6.56. The highest BCUT2D eigenvalue weighted by molar-refractivity contribution is 7.89. The van der Waals surface area contributed by atoms with E-state index in [1.807, 2.05) is 30.3 Å². The second kappa shape index (κ2) is 11.5. The summed E-state index contributed by atoms with van der Waals surface area (Å²) in [6.07, 6.45) is 1.61. The fourth-order valence-electron chi connectivity index (χ4n) is 4.14. The summed E-state index contributed by atoms with van der Waals surface area (Å²) in [5.74, 6) is -0.999. The van der Waals surface area contributed by atoms with Crippen molar-refractivity contribution < 1.29 is 22.4 Å². The van der Waals surface area contributed by atoms with Gasteiger partial charge in [-0.05, 0) is 73.4 Å². The smallest absolute Gasteiger partial charge is 0.253 e. The first-order valence-electron chi connectivity index (χ1n) is 11.8. The molecule has 0 spiro atoms. The number of rotatable bonds is 8. The summed E-state index contributed by atoms with van der Waals surface area (Å²) < 4.78 is 40.8. The van der Waals surface area contributed by atoms with Crippen molar-refractivity contribution >= 4 is 27.5 Å². The highest BCUT2D eigenvalue weighted by Gasteiger charge is 2.28. The van der Waals surface area contributed by atoms with Crippen molar-refractivity contribution in [3.05, 3.63) is 95.8 Å². The molecular formula is C27H28FN3O4S. The molecule has 3 aromatic carbocycles. The van der Waals surface area contributed by atoms with Crippen LogP contribution in [0, 0.1) is 11.7 Å². The molecule has 1 saturated heterocycles. The molecule has 4 rings (SSSR count). The molecule has 1 heterocycles. The fraction of sp³-hybridized carbons (Fsp3) is 0.259. The van der Waals surface area contributed by atoms with E-state index < -0.39 is 15.8 Å². The molecule has 1 aliphatic heterocycles. The van der Waals surface area contributed by atoms with E-state index in [2.05, 4.69) is 10.0 Å². The second-order valence-corrected chi connectivity index (χ2v) is 10.5. The Labute approximate surface area is 210 Å². The zero-order valence-electron chi connectivity index (χ0n) is 19.7. The average molecular weight is 510 g/mol. The van der Waals surface area contributed by atoms with E-state index in [-0.39, 0.29) is 29.2 Å². The van der Waals surface area contributed by atoms with Crippen LogP contribution >= 0.6 is 0 Å². The number of halogens is 1. The van der Waals surface area contributed by atoms with Gasteiger partial charge in [-0.2, -0.15) is 0 Å². The largest absolute Gasteiger partial charge is 0.339 e. The molecule has 0 saturated carbocycles. The average Bonchev–Trinajstić information content (AvgIpc) is 2.89. The van der Waals surface area contributed by atoms with Gasteiger partial charge in [0.1, 0.15) is 5.82 Å². The first-order valence-corrected chi connectivity index (χ1v) is 13.3. The molecule has 0 aromatic heterocycles. The quantitative estimate of drug-likeness (QED) is 0.482. The minimum Gasteiger partial charge on any atom is -0.339 e. The molecule has 9 heteroatoms. The summed E-state index contributed by atoms with van der Waals surface area (Å²) in [7, 11) is -3.66. The number of nitrogens with one attached hydrogen (secondary N) is 2. The number of likely N-dealkylation sites (tertiary alicyclic amines) is 1. The first kappa shape index (κ1) is 25.5. The van der Waals surface area contributed by atoms with E-state index >= 15 is 0 Å². The first-order chi connectivity index (χ1) is 17.3. The molecule has 3 aromatic rings. The van der Waals surface area contributed by atoms with Crippen molar-refractivity contribution in [3.8, 4) is 0 Å². The lowest BCUT2D eigenvalue weighted by Crippen LogP contribution is -2.41. The normalized spacial score (nSPS) is 14.4. The highest BCUT2D eigenvalue weighted by atomic mass is 32.2. The van der Waals surface area contributed by atoms with Crippen LogP contribution in [-0.2, 0) is 21.2 Å². The van der Waals surface area contributed by atoms with Gasteiger partial charge >= 0.3 is 0 Å². The number of amides is 2. The summed E-state index contributed by atoms with van der Waals surface area (Å²) in [5.41, 5.74) is 1.97. The van der Waals surface area contributed by atoms with Gasteiger partial charge in [-0.3, -0.25) is 9.59 Å². The number of anilines is 1. The van der Waals surface area contributed by atoms with Crippen LogP contribution in [0.15, 0.2) is 83.8 Å². The molecule has 0 bridgehead atoms. The summed E-state index contributed by atoms with van der Waals surface area (Å²) in [5, 5.41) is 2.84. The van der Waals surface area contributed by atoms with Crippen molar-refractivity contribution in [3.63, 3.8) is 0 Å². The second-order valence-electron chi connectivity index (χ2n) is 8.72. The zero-order chi connectivity index (χ0) is 25.5. The molecule has 0 unspecified atom stereocenters. The third-order valence-electron chi connectivity index (χ3n) is 6.22. The Bertz CT molecular complexity index is 1290. The van der Waals surface area contributed by atoms with Crippen molar-refractivity contribution in [1.29, 1.82) is 0 Å². The van der Waals surface area contributed by atoms with Gasteiger partial charge in [-0.25, -0.2) is 17.5 Å². The van der Waals surface area contributed by atoms with Crippen LogP contribution in [0.1, 0.15) is 28.8 Å². The summed E-state index contributed by atoms with van der Waals surface area (Å²) in [6, 6.07) is 21.1. The predicted octanol–water partition coefficient (Wildman–Crippen LogP) is 3.84. The van der Waals surface area contributed by atoms with E-state index in [0.717, 1.165) is 5.56 Å². The lowest BCUT2D eigenvalue weighted by Gasteiger charge is -2.31. The van der Waals surface area contributed by atoms with Gasteiger partial charge in [0, 0.05) is 36.8 Å². The van der Waals surface area contributed by atoms with Crippen LogP contribution < -0.4 is 10.0 Å². The highest BCUT2D eigenvalue weighted by Crippen LogP contribution is 2.22. The van der Waals surface area contributed by atoms with Crippen molar-refractivity contribution in [2.45, 2.75) is 24.2 Å². The SMILES string of the molecule is O=C(Nc1ccc(S(=O)(=O)NCCc2ccccc2)cc1)C1CCN(C(=O)c2ccc(F)cc2)CC1. The van der Waals surface area contributed by atoms with Gasteiger partial charge in [-0.15, -0.1) is 0 Å². The van der Waals surface area contributed by atoms with Crippen LogP contribution in [0.4, 0.5) is 10.1 Å². The molecule has 0 radical (unpaired) electrons. The lowest BCUT2D eigenvalue weighted by molar-refractivity contribution is -0.121. The van der Waals surface area contributed by atoms with Crippen molar-refractivity contribution in [2.24, 2.45) is 5.92 Å².